The number of halogens is 3. The Bertz CT molecular complexity index is 1170. The van der Waals surface area contributed by atoms with E-state index in [9.17, 15) is 26.4 Å². The highest BCUT2D eigenvalue weighted by Gasteiger charge is 2.51. The van der Waals surface area contributed by atoms with Crippen LogP contribution in [0.25, 0.3) is 0 Å². The van der Waals surface area contributed by atoms with Gasteiger partial charge in [-0.1, -0.05) is 0 Å². The summed E-state index contributed by atoms with van der Waals surface area (Å²) in [5.74, 6) is -4.64. The van der Waals surface area contributed by atoms with Gasteiger partial charge in [0.15, 0.2) is 21.3 Å². The minimum absolute atomic E-state index is 0.0405. The number of sulfone groups is 1. The molecule has 1 aliphatic rings. The minimum atomic E-state index is -3.81. The van der Waals surface area contributed by atoms with Gasteiger partial charge in [-0.2, -0.15) is 0 Å². The third kappa shape index (κ3) is 3.64. The van der Waals surface area contributed by atoms with Crippen LogP contribution in [0.2, 0.25) is 0 Å². The first kappa shape index (κ1) is 21.8. The summed E-state index contributed by atoms with van der Waals surface area (Å²) in [4.78, 5) is 15.7. The Hall–Kier alpha value is -2.95. The van der Waals surface area contributed by atoms with Crippen molar-refractivity contribution in [3.8, 4) is 0 Å². The first-order chi connectivity index (χ1) is 13.8. The Morgan fingerprint density at radius 1 is 1.17 bits per heavy atom. The molecule has 1 fully saturated rings. The lowest BCUT2D eigenvalue weighted by Gasteiger charge is -2.43. The SMILES string of the molecule is CC1(C)C(=N)N[C@](C)(c2cc(NC(=O)c3ncc(F)cc3F)ccc2F)CS1(=O)=O. The predicted molar refractivity (Wildman–Crippen MR) is 105 cm³/mol. The van der Waals surface area contributed by atoms with Gasteiger partial charge < -0.3 is 10.6 Å². The average Bonchev–Trinajstić information content (AvgIpc) is 2.61. The predicted octanol–water partition coefficient (Wildman–Crippen LogP) is 2.74. The van der Waals surface area contributed by atoms with Gasteiger partial charge in [0.1, 0.15) is 22.2 Å². The van der Waals surface area contributed by atoms with Gasteiger partial charge in [-0.3, -0.25) is 10.2 Å². The average molecular weight is 440 g/mol. The van der Waals surface area contributed by atoms with Crippen LogP contribution in [0.15, 0.2) is 30.5 Å². The molecular weight excluding hydrogens is 421 g/mol. The number of rotatable bonds is 3. The molecule has 160 valence electrons. The van der Waals surface area contributed by atoms with E-state index < -0.39 is 54.9 Å². The Morgan fingerprint density at radius 2 is 1.83 bits per heavy atom. The molecular formula is C19H19F3N4O3S. The summed E-state index contributed by atoms with van der Waals surface area (Å²) in [6.07, 6.45) is 0.680. The van der Waals surface area contributed by atoms with E-state index >= 15 is 0 Å². The van der Waals surface area contributed by atoms with Gasteiger partial charge in [0.25, 0.3) is 5.91 Å². The van der Waals surface area contributed by atoms with E-state index in [2.05, 4.69) is 15.6 Å². The molecule has 1 amide bonds. The number of aromatic nitrogens is 1. The fraction of sp³-hybridized carbons (Fsp3) is 0.316. The van der Waals surface area contributed by atoms with E-state index in [1.54, 1.807) is 0 Å². The summed E-state index contributed by atoms with van der Waals surface area (Å²) in [6, 6.07) is 3.92. The third-order valence-electron chi connectivity index (χ3n) is 5.10. The smallest absolute Gasteiger partial charge is 0.277 e. The number of amides is 1. The summed E-state index contributed by atoms with van der Waals surface area (Å²) in [5, 5.41) is 13.2. The van der Waals surface area contributed by atoms with Crippen LogP contribution >= 0.6 is 0 Å². The number of amidine groups is 1. The van der Waals surface area contributed by atoms with Gasteiger partial charge in [-0.25, -0.2) is 26.6 Å². The molecule has 1 aromatic carbocycles. The molecule has 2 aromatic rings. The van der Waals surface area contributed by atoms with Gasteiger partial charge >= 0.3 is 0 Å². The number of anilines is 1. The van der Waals surface area contributed by atoms with E-state index in [0.717, 1.165) is 6.07 Å². The molecule has 0 aliphatic carbocycles. The fourth-order valence-electron chi connectivity index (χ4n) is 3.12. The second-order valence-corrected chi connectivity index (χ2v) is 10.3. The van der Waals surface area contributed by atoms with Crippen LogP contribution in [0.4, 0.5) is 18.9 Å². The zero-order chi connectivity index (χ0) is 22.5. The standard InChI is InChI=1S/C19H19F3N4O3S/c1-18(2)17(23)26-19(3,9-30(18,28)29)12-7-11(4-5-13(12)21)25-16(27)15-14(22)6-10(20)8-24-15/h4-8H,9H2,1-3H3,(H2,23,26)(H,25,27)/t19-/m0/s1. The molecule has 7 nitrogen and oxygen atoms in total. The van der Waals surface area contributed by atoms with Crippen molar-refractivity contribution in [3.63, 3.8) is 0 Å². The molecule has 30 heavy (non-hydrogen) atoms. The third-order valence-corrected chi connectivity index (χ3v) is 7.82. The number of hydrogen-bond acceptors (Lipinski definition) is 5. The lowest BCUT2D eigenvalue weighted by Crippen LogP contribution is -2.64. The van der Waals surface area contributed by atoms with Gasteiger partial charge in [0, 0.05) is 17.3 Å². The summed E-state index contributed by atoms with van der Waals surface area (Å²) in [5.41, 5.74) is -2.19. The van der Waals surface area contributed by atoms with Gasteiger partial charge in [0.05, 0.1) is 17.5 Å². The summed E-state index contributed by atoms with van der Waals surface area (Å²) in [6.45, 7) is 4.20. The first-order valence-corrected chi connectivity index (χ1v) is 10.4. The van der Waals surface area contributed by atoms with Crippen molar-refractivity contribution in [3.05, 3.63) is 59.2 Å². The zero-order valence-electron chi connectivity index (χ0n) is 16.3. The van der Waals surface area contributed by atoms with Crippen LogP contribution < -0.4 is 10.6 Å². The molecule has 1 aliphatic heterocycles. The van der Waals surface area contributed by atoms with Crippen molar-refractivity contribution in [1.29, 1.82) is 5.41 Å². The molecule has 1 atom stereocenters. The van der Waals surface area contributed by atoms with Crippen LogP contribution in [-0.2, 0) is 15.4 Å². The lowest BCUT2D eigenvalue weighted by atomic mass is 9.91. The number of benzene rings is 1. The van der Waals surface area contributed by atoms with Crippen LogP contribution in [0, 0.1) is 22.9 Å². The molecule has 1 aromatic heterocycles. The number of pyridine rings is 1. The lowest BCUT2D eigenvalue weighted by molar-refractivity contribution is 0.101. The number of carbonyl (C=O) groups is 1. The summed E-state index contributed by atoms with van der Waals surface area (Å²) < 4.78 is 65.3. The molecule has 1 saturated heterocycles. The summed E-state index contributed by atoms with van der Waals surface area (Å²) >= 11 is 0. The van der Waals surface area contributed by atoms with Crippen molar-refractivity contribution < 1.29 is 26.4 Å². The fourth-order valence-corrected chi connectivity index (χ4v) is 4.83. The molecule has 0 radical (unpaired) electrons. The van der Waals surface area contributed by atoms with Crippen LogP contribution in [0.5, 0.6) is 0 Å². The second-order valence-electron chi connectivity index (χ2n) is 7.73. The van der Waals surface area contributed by atoms with Crippen molar-refractivity contribution in [2.45, 2.75) is 31.1 Å². The van der Waals surface area contributed by atoms with Gasteiger partial charge in [-0.05, 0) is 39.0 Å². The zero-order valence-corrected chi connectivity index (χ0v) is 17.1. The van der Waals surface area contributed by atoms with Crippen LogP contribution in [0.1, 0.15) is 36.8 Å². The summed E-state index contributed by atoms with van der Waals surface area (Å²) in [7, 11) is -3.81. The molecule has 0 saturated carbocycles. The van der Waals surface area contributed by atoms with E-state index in [0.29, 0.717) is 12.3 Å². The molecule has 0 spiro atoms. The largest absolute Gasteiger partial charge is 0.362 e. The second kappa shape index (κ2) is 7.08. The highest BCUT2D eigenvalue weighted by molar-refractivity contribution is 7.93. The maximum Gasteiger partial charge on any atom is 0.277 e. The van der Waals surface area contributed by atoms with Crippen LogP contribution in [-0.4, -0.2) is 35.6 Å². The molecule has 2 heterocycles. The van der Waals surface area contributed by atoms with E-state index in [1.807, 2.05) is 0 Å². The van der Waals surface area contributed by atoms with E-state index in [1.165, 1.54) is 32.9 Å². The topological polar surface area (TPSA) is 112 Å². The molecule has 0 unspecified atom stereocenters. The first-order valence-electron chi connectivity index (χ1n) is 8.79. The van der Waals surface area contributed by atoms with Crippen molar-refractivity contribution in [2.75, 3.05) is 11.1 Å². The number of nitrogens with zero attached hydrogens (tertiary/aromatic N) is 1. The molecule has 11 heteroatoms. The van der Waals surface area contributed by atoms with E-state index in [4.69, 9.17) is 5.41 Å². The Labute approximate surface area is 171 Å². The van der Waals surface area contributed by atoms with Crippen molar-refractivity contribution in [1.82, 2.24) is 10.3 Å². The molecule has 3 rings (SSSR count). The van der Waals surface area contributed by atoms with Gasteiger partial charge in [0.2, 0.25) is 0 Å². The molecule has 3 N–H and O–H groups in total. The Balaban J connectivity index is 1.96. The number of hydrogen-bond donors (Lipinski definition) is 3. The quantitative estimate of drug-likeness (QED) is 0.680. The Kier molecular flexibility index (Phi) is 5.13. The maximum absolute atomic E-state index is 14.6. The number of nitrogens with one attached hydrogen (secondary N) is 3. The van der Waals surface area contributed by atoms with Crippen molar-refractivity contribution >= 4 is 27.3 Å². The highest BCUT2D eigenvalue weighted by Crippen LogP contribution is 2.36. The Morgan fingerprint density at radius 3 is 2.43 bits per heavy atom. The van der Waals surface area contributed by atoms with Crippen LogP contribution in [0.3, 0.4) is 0 Å². The minimum Gasteiger partial charge on any atom is -0.362 e. The normalized spacial score (nSPS) is 22.3. The maximum atomic E-state index is 14.6. The number of carbonyl (C=O) groups excluding carboxylic acids is 1. The van der Waals surface area contributed by atoms with Crippen molar-refractivity contribution in [2.24, 2.45) is 0 Å². The highest BCUT2D eigenvalue weighted by atomic mass is 32.2. The van der Waals surface area contributed by atoms with E-state index in [-0.39, 0.29) is 17.1 Å². The molecule has 0 bridgehead atoms. The monoisotopic (exact) mass is 440 g/mol. The van der Waals surface area contributed by atoms with Gasteiger partial charge in [-0.15, -0.1) is 0 Å².